The molecule has 0 amide bonds. The third-order valence-electron chi connectivity index (χ3n) is 4.20. The SMILES string of the molecule is CC(C)c1ccc2cc(C3CCC3)[s+](C(F)(F)F)c2c1.Cl. The van der Waals surface area contributed by atoms with E-state index in [2.05, 4.69) is 0 Å². The molecule has 1 aromatic heterocycles. The Morgan fingerprint density at radius 1 is 1.14 bits per heavy atom. The van der Waals surface area contributed by atoms with Crippen molar-refractivity contribution >= 4 is 33.0 Å². The summed E-state index contributed by atoms with van der Waals surface area (Å²) < 4.78 is 41.0. The minimum Gasteiger partial charge on any atom is -0.147 e. The number of thiophene rings is 1. The van der Waals surface area contributed by atoms with Crippen LogP contribution in [-0.4, -0.2) is 0 Å². The Kier molecular flexibility index (Phi) is 4.60. The summed E-state index contributed by atoms with van der Waals surface area (Å²) in [5.74, 6) is 0.404. The van der Waals surface area contributed by atoms with Crippen molar-refractivity contribution in [1.29, 1.82) is 0 Å². The minimum atomic E-state index is -4.15. The molecule has 0 saturated heterocycles. The number of alkyl halides is 3. The van der Waals surface area contributed by atoms with E-state index in [0.717, 1.165) is 30.2 Å². The molecular formula is C16H19ClF3S+. The Hall–Kier alpha value is -0.740. The lowest BCUT2D eigenvalue weighted by atomic mass is 9.84. The first-order valence-electron chi connectivity index (χ1n) is 7.04. The predicted molar refractivity (Wildman–Crippen MR) is 85.7 cm³/mol. The zero-order chi connectivity index (χ0) is 14.5. The maximum absolute atomic E-state index is 13.5. The van der Waals surface area contributed by atoms with Crippen LogP contribution < -0.4 is 0 Å². The van der Waals surface area contributed by atoms with Crippen LogP contribution in [0.15, 0.2) is 24.3 Å². The monoisotopic (exact) mass is 335 g/mol. The van der Waals surface area contributed by atoms with Gasteiger partial charge in [-0.1, -0.05) is 26.3 Å². The van der Waals surface area contributed by atoms with Gasteiger partial charge >= 0.3 is 5.51 Å². The van der Waals surface area contributed by atoms with Crippen LogP contribution in [0.25, 0.3) is 10.1 Å². The molecule has 0 spiro atoms. The van der Waals surface area contributed by atoms with Crippen LogP contribution in [0.4, 0.5) is 13.2 Å². The van der Waals surface area contributed by atoms with Crippen molar-refractivity contribution in [3.05, 3.63) is 34.7 Å². The molecule has 1 aromatic carbocycles. The maximum atomic E-state index is 13.5. The molecule has 1 aliphatic carbocycles. The molecule has 1 saturated carbocycles. The van der Waals surface area contributed by atoms with E-state index < -0.39 is 16.0 Å². The summed E-state index contributed by atoms with van der Waals surface area (Å²) in [7, 11) is -1.70. The summed E-state index contributed by atoms with van der Waals surface area (Å²) in [5, 5.41) is 0.775. The highest BCUT2D eigenvalue weighted by Crippen LogP contribution is 2.56. The first-order valence-corrected chi connectivity index (χ1v) is 8.27. The van der Waals surface area contributed by atoms with Crippen molar-refractivity contribution in [3.63, 3.8) is 0 Å². The second-order valence-electron chi connectivity index (χ2n) is 5.88. The van der Waals surface area contributed by atoms with Crippen molar-refractivity contribution in [3.8, 4) is 0 Å². The Labute approximate surface area is 131 Å². The lowest BCUT2D eigenvalue weighted by molar-refractivity contribution is -0.0868. The van der Waals surface area contributed by atoms with Gasteiger partial charge in [0.2, 0.25) is 0 Å². The van der Waals surface area contributed by atoms with Gasteiger partial charge in [0.05, 0.1) is 10.5 Å². The quantitative estimate of drug-likeness (QED) is 0.525. The lowest BCUT2D eigenvalue weighted by Gasteiger charge is -2.21. The van der Waals surface area contributed by atoms with E-state index in [0.29, 0.717) is 9.58 Å². The van der Waals surface area contributed by atoms with Gasteiger partial charge in [0.25, 0.3) is 0 Å². The fourth-order valence-electron chi connectivity index (χ4n) is 2.78. The van der Waals surface area contributed by atoms with E-state index in [-0.39, 0.29) is 24.2 Å². The molecule has 0 aliphatic heterocycles. The first kappa shape index (κ1) is 16.6. The zero-order valence-electron chi connectivity index (χ0n) is 12.0. The fraction of sp³-hybridized carbons (Fsp3) is 0.500. The maximum Gasteiger partial charge on any atom is 0.600 e. The van der Waals surface area contributed by atoms with Crippen molar-refractivity contribution < 1.29 is 13.2 Å². The normalized spacial score (nSPS) is 17.0. The number of fused-ring (bicyclic) bond motifs is 1. The Bertz CT molecular complexity index is 639. The molecule has 116 valence electrons. The van der Waals surface area contributed by atoms with E-state index in [1.807, 2.05) is 26.0 Å². The zero-order valence-corrected chi connectivity index (χ0v) is 13.7. The summed E-state index contributed by atoms with van der Waals surface area (Å²) in [6.07, 6.45) is 2.89. The van der Waals surface area contributed by atoms with Gasteiger partial charge in [-0.25, -0.2) is 0 Å². The van der Waals surface area contributed by atoms with E-state index >= 15 is 0 Å². The van der Waals surface area contributed by atoms with Crippen LogP contribution in [-0.2, 0) is 5.51 Å². The van der Waals surface area contributed by atoms with E-state index in [4.69, 9.17) is 0 Å². The molecule has 1 fully saturated rings. The van der Waals surface area contributed by atoms with Crippen molar-refractivity contribution in [1.82, 2.24) is 0 Å². The molecule has 0 radical (unpaired) electrons. The van der Waals surface area contributed by atoms with E-state index in [1.165, 1.54) is 0 Å². The molecule has 21 heavy (non-hydrogen) atoms. The smallest absolute Gasteiger partial charge is 0.147 e. The summed E-state index contributed by atoms with van der Waals surface area (Å²) in [5.41, 5.74) is -3.16. The Balaban J connectivity index is 0.00000161. The van der Waals surface area contributed by atoms with Gasteiger partial charge in [-0.05, 0) is 30.4 Å². The van der Waals surface area contributed by atoms with Gasteiger partial charge < -0.3 is 0 Å². The molecule has 2 aromatic rings. The van der Waals surface area contributed by atoms with Gasteiger partial charge in [-0.3, -0.25) is 0 Å². The molecule has 5 heteroatoms. The van der Waals surface area contributed by atoms with Gasteiger partial charge in [0.1, 0.15) is 0 Å². The van der Waals surface area contributed by atoms with E-state index in [1.54, 1.807) is 12.1 Å². The fourth-order valence-corrected chi connectivity index (χ4v) is 4.98. The van der Waals surface area contributed by atoms with Crippen LogP contribution in [0.3, 0.4) is 0 Å². The molecule has 0 nitrogen and oxygen atoms in total. The second kappa shape index (κ2) is 5.81. The topological polar surface area (TPSA) is 0 Å². The van der Waals surface area contributed by atoms with Gasteiger partial charge in [0, 0.05) is 23.4 Å². The largest absolute Gasteiger partial charge is 0.600 e. The van der Waals surface area contributed by atoms with Crippen molar-refractivity contribution in [2.75, 3.05) is 0 Å². The van der Waals surface area contributed by atoms with Gasteiger partial charge in [-0.2, -0.15) is 0 Å². The molecule has 1 unspecified atom stereocenters. The average molecular weight is 336 g/mol. The minimum absolute atomic E-state index is 0. The molecule has 3 rings (SSSR count). The Morgan fingerprint density at radius 2 is 1.81 bits per heavy atom. The first-order chi connectivity index (χ1) is 9.38. The predicted octanol–water partition coefficient (Wildman–Crippen LogP) is 6.88. The van der Waals surface area contributed by atoms with Crippen molar-refractivity contribution in [2.45, 2.75) is 50.5 Å². The lowest BCUT2D eigenvalue weighted by Crippen LogP contribution is -2.10. The average Bonchev–Trinajstić information content (AvgIpc) is 2.63. The molecule has 1 atom stereocenters. The number of hydrogen-bond acceptors (Lipinski definition) is 0. The molecule has 0 N–H and O–H groups in total. The molecule has 1 heterocycles. The highest BCUT2D eigenvalue weighted by molar-refractivity contribution is 7.38. The van der Waals surface area contributed by atoms with Crippen LogP contribution in [0.5, 0.6) is 0 Å². The number of rotatable bonds is 2. The Morgan fingerprint density at radius 3 is 2.29 bits per heavy atom. The van der Waals surface area contributed by atoms with Crippen LogP contribution in [0, 0.1) is 0 Å². The third kappa shape index (κ3) is 2.93. The van der Waals surface area contributed by atoms with Crippen LogP contribution >= 0.6 is 22.9 Å². The second-order valence-corrected chi connectivity index (χ2v) is 7.86. The molecular weight excluding hydrogens is 317 g/mol. The summed E-state index contributed by atoms with van der Waals surface area (Å²) >= 11 is 0. The number of benzene rings is 1. The van der Waals surface area contributed by atoms with Gasteiger partial charge in [0.15, 0.2) is 9.58 Å². The van der Waals surface area contributed by atoms with E-state index in [9.17, 15) is 13.2 Å². The highest BCUT2D eigenvalue weighted by atomic mass is 35.5. The summed E-state index contributed by atoms with van der Waals surface area (Å²) in [4.78, 5) is 0.625. The highest BCUT2D eigenvalue weighted by Gasteiger charge is 2.50. The van der Waals surface area contributed by atoms with Crippen LogP contribution in [0.1, 0.15) is 55.4 Å². The molecule has 0 bridgehead atoms. The van der Waals surface area contributed by atoms with Gasteiger partial charge in [-0.15, -0.1) is 25.6 Å². The summed E-state index contributed by atoms with van der Waals surface area (Å²) in [6.45, 7) is 4.03. The van der Waals surface area contributed by atoms with Crippen LogP contribution in [0.2, 0.25) is 0 Å². The standard InChI is InChI=1S/C16H18F3S.ClH/c1-10(2)12-6-7-13-9-14(11-4-3-5-11)20(15(13)8-12)16(17,18)19;/h6-11H,3-5H2,1-2H3;1H/q+1;. The number of hydrogen-bond donors (Lipinski definition) is 0. The number of halogens is 4. The summed E-state index contributed by atoms with van der Waals surface area (Å²) in [6, 6.07) is 7.41. The molecule has 1 aliphatic rings. The third-order valence-corrected chi connectivity index (χ3v) is 6.38. The van der Waals surface area contributed by atoms with Crippen molar-refractivity contribution in [2.24, 2.45) is 0 Å².